The standard InChI is InChI=1S/C4H5NO3/c6-3-4(7)8-2-1-5-3/h1-2H2,(H,5,6)/i1D2,2D/hD. The highest BCUT2D eigenvalue weighted by atomic mass is 16.5. The predicted molar refractivity (Wildman–Crippen MR) is 24.0 cm³/mol. The minimum atomic E-state index is -2.58. The second kappa shape index (κ2) is 1.81. The fourth-order valence-electron chi connectivity index (χ4n) is 0.261. The number of morpholine rings is 1. The van der Waals surface area contributed by atoms with Gasteiger partial charge in [-0.15, -0.1) is 0 Å². The second-order valence-electron chi connectivity index (χ2n) is 1.07. The molecule has 0 saturated carbocycles. The summed E-state index contributed by atoms with van der Waals surface area (Å²) in [6.45, 7) is -4.44. The number of amides is 1. The summed E-state index contributed by atoms with van der Waals surface area (Å²) in [5, 5.41) is -0.184. The molecule has 4 nitrogen and oxygen atoms in total. The summed E-state index contributed by atoms with van der Waals surface area (Å²) in [7, 11) is 0. The number of nitrogens with one attached hydrogen (secondary N) is 1. The van der Waals surface area contributed by atoms with E-state index >= 15 is 0 Å². The van der Waals surface area contributed by atoms with Crippen molar-refractivity contribution in [3.05, 3.63) is 0 Å². The van der Waals surface area contributed by atoms with Crippen molar-refractivity contribution in [1.29, 1.82) is 0 Å². The van der Waals surface area contributed by atoms with Crippen LogP contribution >= 0.6 is 0 Å². The normalized spacial score (nSPS) is 43.5. The van der Waals surface area contributed by atoms with Gasteiger partial charge < -0.3 is 10.0 Å². The summed E-state index contributed by atoms with van der Waals surface area (Å²) in [5.74, 6) is -2.77. The lowest BCUT2D eigenvalue weighted by molar-refractivity contribution is -0.158. The maximum Gasteiger partial charge on any atom is 0.396 e. The van der Waals surface area contributed by atoms with E-state index in [2.05, 4.69) is 4.74 Å². The molecule has 8 heavy (non-hydrogen) atoms. The zero-order chi connectivity index (χ0) is 9.52. The summed E-state index contributed by atoms with van der Waals surface area (Å²) < 4.78 is 31.7. The van der Waals surface area contributed by atoms with Crippen LogP contribution in [0.4, 0.5) is 0 Å². The van der Waals surface area contributed by atoms with Crippen molar-refractivity contribution in [2.24, 2.45) is 0 Å². The van der Waals surface area contributed by atoms with Crippen molar-refractivity contribution < 1.29 is 19.9 Å². The highest BCUT2D eigenvalue weighted by molar-refractivity contribution is 6.32. The molecule has 0 aromatic heterocycles. The summed E-state index contributed by atoms with van der Waals surface area (Å²) in [6.07, 6.45) is 0. The fourth-order valence-corrected chi connectivity index (χ4v) is 0.261. The molecule has 1 atom stereocenters. The third kappa shape index (κ3) is 0.776. The molecule has 1 saturated heterocycles. The van der Waals surface area contributed by atoms with Crippen molar-refractivity contribution >= 4 is 11.9 Å². The van der Waals surface area contributed by atoms with Gasteiger partial charge in [0.25, 0.3) is 0 Å². The third-order valence-electron chi connectivity index (χ3n) is 0.559. The van der Waals surface area contributed by atoms with Crippen LogP contribution in [0.25, 0.3) is 0 Å². The lowest BCUT2D eigenvalue weighted by Gasteiger charge is -2.09. The predicted octanol–water partition coefficient (Wildman–Crippen LogP) is -1.34. The van der Waals surface area contributed by atoms with Crippen LogP contribution in [0.3, 0.4) is 0 Å². The van der Waals surface area contributed by atoms with Crippen LogP contribution in [0.2, 0.25) is 1.41 Å². The van der Waals surface area contributed by atoms with E-state index < -0.39 is 25.0 Å². The van der Waals surface area contributed by atoms with Gasteiger partial charge in [-0.1, -0.05) is 0 Å². The Morgan fingerprint density at radius 3 is 3.38 bits per heavy atom. The molecular weight excluding hydrogens is 110 g/mol. The Morgan fingerprint density at radius 2 is 2.62 bits per heavy atom. The highest BCUT2D eigenvalue weighted by Gasteiger charge is 2.18. The average molecular weight is 119 g/mol. The molecule has 44 valence electrons. The maximum atomic E-state index is 10.6. The van der Waals surface area contributed by atoms with Crippen LogP contribution in [0.15, 0.2) is 0 Å². The van der Waals surface area contributed by atoms with E-state index in [9.17, 15) is 9.59 Å². The Labute approximate surface area is 51.5 Å². The first-order chi connectivity index (χ1) is 5.37. The molecule has 0 spiro atoms. The van der Waals surface area contributed by atoms with Crippen LogP contribution in [0, 0.1) is 0 Å². The van der Waals surface area contributed by atoms with Gasteiger partial charge in [-0.05, 0) is 0 Å². The van der Waals surface area contributed by atoms with E-state index in [4.69, 9.17) is 5.52 Å². The van der Waals surface area contributed by atoms with Gasteiger partial charge in [0, 0.05) is 0 Å². The highest BCUT2D eigenvalue weighted by Crippen LogP contribution is 1.83. The van der Waals surface area contributed by atoms with Gasteiger partial charge in [-0.3, -0.25) is 4.79 Å². The van der Waals surface area contributed by atoms with Gasteiger partial charge in [-0.2, -0.15) is 0 Å². The van der Waals surface area contributed by atoms with E-state index in [-0.39, 0.29) is 5.31 Å². The fraction of sp³-hybridized carbons (Fsp3) is 0.500. The van der Waals surface area contributed by atoms with E-state index in [1.807, 2.05) is 0 Å². The zero-order valence-corrected chi connectivity index (χ0v) is 3.75. The van der Waals surface area contributed by atoms with E-state index in [1.165, 1.54) is 0 Å². The van der Waals surface area contributed by atoms with Gasteiger partial charge in [0.05, 0.1) is 10.6 Å². The first kappa shape index (κ1) is 2.05. The average Bonchev–Trinajstić information content (AvgIpc) is 1.99. The summed E-state index contributed by atoms with van der Waals surface area (Å²) >= 11 is 0. The monoisotopic (exact) mass is 119 g/mol. The smallest absolute Gasteiger partial charge is 0.396 e. The van der Waals surface area contributed by atoms with Crippen molar-refractivity contribution in [3.8, 4) is 0 Å². The van der Waals surface area contributed by atoms with Crippen molar-refractivity contribution in [2.45, 2.75) is 0 Å². The number of ether oxygens (including phenoxy) is 1. The number of cyclic esters (lactones) is 1. The quantitative estimate of drug-likeness (QED) is 0.317. The van der Waals surface area contributed by atoms with Crippen LogP contribution in [0.5, 0.6) is 0 Å². The van der Waals surface area contributed by atoms with E-state index in [0.29, 0.717) is 0 Å². The summed E-state index contributed by atoms with van der Waals surface area (Å²) in [5.41, 5.74) is 0. The minimum Gasteiger partial charge on any atom is -0.457 e. The lowest BCUT2D eigenvalue weighted by atomic mass is 10.5. The first-order valence-electron chi connectivity index (χ1n) is 3.86. The molecule has 1 aliphatic rings. The Balaban J connectivity index is 2.95. The molecule has 1 unspecified atom stereocenters. The van der Waals surface area contributed by atoms with Crippen LogP contribution < -0.4 is 5.31 Å². The van der Waals surface area contributed by atoms with Crippen molar-refractivity contribution in [1.82, 2.24) is 5.31 Å². The Morgan fingerprint density at radius 1 is 1.88 bits per heavy atom. The zero-order valence-electron chi connectivity index (χ0n) is 7.75. The molecule has 1 heterocycles. The second-order valence-corrected chi connectivity index (χ2v) is 1.07. The van der Waals surface area contributed by atoms with Crippen molar-refractivity contribution in [2.75, 3.05) is 13.1 Å². The molecule has 1 fully saturated rings. The van der Waals surface area contributed by atoms with Crippen LogP contribution in [0.1, 0.15) is 4.11 Å². The number of hydrogen-bond acceptors (Lipinski definition) is 3. The minimum absolute atomic E-state index is 0.184. The van der Waals surface area contributed by atoms with E-state index in [1.54, 1.807) is 0 Å². The van der Waals surface area contributed by atoms with Gasteiger partial charge >= 0.3 is 11.9 Å². The topological polar surface area (TPSA) is 55.4 Å². The molecule has 0 aromatic rings. The molecular formula is C4H5NO3. The number of carbonyl (C=O) groups is 2. The van der Waals surface area contributed by atoms with Gasteiger partial charge in [0.2, 0.25) is 0 Å². The largest absolute Gasteiger partial charge is 0.457 e. The van der Waals surface area contributed by atoms with Gasteiger partial charge in [0.15, 0.2) is 1.41 Å². The van der Waals surface area contributed by atoms with Crippen LogP contribution in [-0.4, -0.2) is 25.0 Å². The van der Waals surface area contributed by atoms with Gasteiger partial charge in [0.1, 0.15) is 6.58 Å². The Kier molecular flexibility index (Phi) is 0.464. The Hall–Kier alpha value is -1.06. The summed E-state index contributed by atoms with van der Waals surface area (Å²) in [6, 6.07) is 0. The van der Waals surface area contributed by atoms with Crippen LogP contribution in [-0.2, 0) is 14.3 Å². The SMILES string of the molecule is [2H]C1OC(=O)C(=O)N([2H])C1([2H])[2H]. The molecule has 0 radical (unpaired) electrons. The molecule has 0 aromatic carbocycles. The Bertz CT molecular complexity index is 242. The molecule has 1 rings (SSSR count). The maximum absolute atomic E-state index is 10.6. The van der Waals surface area contributed by atoms with Gasteiger partial charge in [-0.25, -0.2) is 4.79 Å². The number of carbonyl (C=O) groups excluding carboxylic acids is 2. The number of hydrogen-bond donors (Lipinski definition) is 1. The van der Waals surface area contributed by atoms with E-state index in [0.717, 1.165) is 0 Å². The summed E-state index contributed by atoms with van der Waals surface area (Å²) in [4.78, 5) is 21.1. The molecule has 0 bridgehead atoms. The molecule has 4 heteroatoms. The number of esters is 1. The number of rotatable bonds is 0. The lowest BCUT2D eigenvalue weighted by Crippen LogP contribution is -2.40. The molecule has 1 amide bonds. The third-order valence-corrected chi connectivity index (χ3v) is 0.559. The molecule has 1 N–H and O–H groups in total. The van der Waals surface area contributed by atoms with Crippen molar-refractivity contribution in [3.63, 3.8) is 0 Å². The molecule has 0 aliphatic carbocycles. The molecule has 1 aliphatic heterocycles. The first-order valence-corrected chi connectivity index (χ1v) is 1.83.